The van der Waals surface area contributed by atoms with Crippen LogP contribution in [0.15, 0.2) is 109 Å². The van der Waals surface area contributed by atoms with Gasteiger partial charge in [0.2, 0.25) is 0 Å². The van der Waals surface area contributed by atoms with Gasteiger partial charge in [-0.15, -0.1) is 0 Å². The Morgan fingerprint density at radius 3 is 2.06 bits per heavy atom. The Balaban J connectivity index is 1.69. The van der Waals surface area contributed by atoms with Gasteiger partial charge in [-0.25, -0.2) is 9.78 Å². The molecule has 0 saturated heterocycles. The molecule has 0 bridgehead atoms. The van der Waals surface area contributed by atoms with Crippen LogP contribution in [0.4, 0.5) is 5.69 Å². The van der Waals surface area contributed by atoms with Gasteiger partial charge in [-0.3, -0.25) is 14.7 Å². The van der Waals surface area contributed by atoms with Gasteiger partial charge in [0.15, 0.2) is 0 Å². The third-order valence-electron chi connectivity index (χ3n) is 5.42. The van der Waals surface area contributed by atoms with Crippen LogP contribution in [0.2, 0.25) is 0 Å². The lowest BCUT2D eigenvalue weighted by molar-refractivity contribution is -0.384. The van der Waals surface area contributed by atoms with Crippen LogP contribution in [0.25, 0.3) is 28.6 Å². The Kier molecular flexibility index (Phi) is 5.88. The van der Waals surface area contributed by atoms with Crippen LogP contribution in [0.3, 0.4) is 0 Å². The summed E-state index contributed by atoms with van der Waals surface area (Å²) >= 11 is 0. The minimum absolute atomic E-state index is 0.0514. The predicted octanol–water partition coefficient (Wildman–Crippen LogP) is 6.29. The van der Waals surface area contributed by atoms with Crippen molar-refractivity contribution in [2.24, 2.45) is 0 Å². The van der Waals surface area contributed by atoms with Crippen molar-refractivity contribution in [3.05, 3.63) is 136 Å². The molecular weight excluding hydrogens is 442 g/mol. The van der Waals surface area contributed by atoms with E-state index in [0.717, 1.165) is 5.69 Å². The topological polar surface area (TPSA) is 87.3 Å². The van der Waals surface area contributed by atoms with Crippen molar-refractivity contribution in [2.75, 3.05) is 0 Å². The number of para-hydroxylation sites is 1. The third kappa shape index (κ3) is 4.56. The van der Waals surface area contributed by atoms with Gasteiger partial charge >= 0.3 is 5.97 Å². The molecule has 5 aromatic rings. The number of carbonyl (C=O) groups excluding carboxylic acids is 1. The summed E-state index contributed by atoms with van der Waals surface area (Å²) in [7, 11) is 0. The van der Waals surface area contributed by atoms with E-state index >= 15 is 0 Å². The average Bonchev–Trinajstić information content (AvgIpc) is 3.26. The number of benzene rings is 4. The largest absolute Gasteiger partial charge is 0.422 e. The zero-order chi connectivity index (χ0) is 24.2. The van der Waals surface area contributed by atoms with E-state index in [0.29, 0.717) is 33.7 Å². The van der Waals surface area contributed by atoms with Crippen LogP contribution < -0.4 is 0 Å². The summed E-state index contributed by atoms with van der Waals surface area (Å²) in [5.41, 5.74) is 3.02. The fourth-order valence-corrected chi connectivity index (χ4v) is 3.77. The standard InChI is InChI=1S/C28H19N3O4/c32-28(21-12-6-2-7-13-21)35-26(20-10-4-1-5-11-20)19-27-29-24-18-23(31(33)34)16-17-25(24)30(27)22-14-8-3-9-15-22/h1-19H/b26-19+. The highest BCUT2D eigenvalue weighted by Crippen LogP contribution is 2.28. The van der Waals surface area contributed by atoms with Gasteiger partial charge in [-0.05, 0) is 30.3 Å². The molecule has 0 aliphatic rings. The van der Waals surface area contributed by atoms with Crippen LogP contribution in [-0.2, 0) is 4.74 Å². The maximum atomic E-state index is 12.9. The van der Waals surface area contributed by atoms with E-state index < -0.39 is 10.9 Å². The number of aromatic nitrogens is 2. The number of hydrogen-bond donors (Lipinski definition) is 0. The number of fused-ring (bicyclic) bond motifs is 1. The molecular formula is C28H19N3O4. The van der Waals surface area contributed by atoms with E-state index in [1.54, 1.807) is 36.4 Å². The van der Waals surface area contributed by atoms with E-state index in [9.17, 15) is 14.9 Å². The number of hydrogen-bond acceptors (Lipinski definition) is 5. The highest BCUT2D eigenvalue weighted by molar-refractivity contribution is 5.95. The fraction of sp³-hybridized carbons (Fsp3) is 0. The maximum Gasteiger partial charge on any atom is 0.343 e. The lowest BCUT2D eigenvalue weighted by atomic mass is 10.1. The minimum Gasteiger partial charge on any atom is -0.422 e. The van der Waals surface area contributed by atoms with Crippen molar-refractivity contribution in [1.82, 2.24) is 9.55 Å². The molecule has 7 nitrogen and oxygen atoms in total. The van der Waals surface area contributed by atoms with Gasteiger partial charge in [0.05, 0.1) is 21.5 Å². The predicted molar refractivity (Wildman–Crippen MR) is 134 cm³/mol. The van der Waals surface area contributed by atoms with Crippen LogP contribution >= 0.6 is 0 Å². The summed E-state index contributed by atoms with van der Waals surface area (Å²) in [6, 6.07) is 32.1. The number of nitrogens with zero attached hydrogens (tertiary/aromatic N) is 3. The Labute approximate surface area is 200 Å². The quantitative estimate of drug-likeness (QED) is 0.128. The molecule has 0 N–H and O–H groups in total. The lowest BCUT2D eigenvalue weighted by Crippen LogP contribution is -2.05. The molecule has 0 aliphatic heterocycles. The first-order chi connectivity index (χ1) is 17.1. The van der Waals surface area contributed by atoms with Crippen LogP contribution in [-0.4, -0.2) is 20.4 Å². The summed E-state index contributed by atoms with van der Waals surface area (Å²) in [5.74, 6) is 0.270. The summed E-state index contributed by atoms with van der Waals surface area (Å²) < 4.78 is 7.71. The number of nitro benzene ring substituents is 1. The second-order valence-electron chi connectivity index (χ2n) is 7.70. The van der Waals surface area contributed by atoms with Gasteiger partial charge in [0, 0.05) is 29.5 Å². The van der Waals surface area contributed by atoms with E-state index in [-0.39, 0.29) is 5.69 Å². The van der Waals surface area contributed by atoms with Crippen molar-refractivity contribution < 1.29 is 14.5 Å². The second kappa shape index (κ2) is 9.44. The first kappa shape index (κ1) is 21.8. The zero-order valence-electron chi connectivity index (χ0n) is 18.4. The van der Waals surface area contributed by atoms with Gasteiger partial charge < -0.3 is 4.74 Å². The minimum atomic E-state index is -0.501. The summed E-state index contributed by atoms with van der Waals surface area (Å²) in [5, 5.41) is 11.3. The van der Waals surface area contributed by atoms with Crippen LogP contribution in [0.1, 0.15) is 21.7 Å². The molecule has 0 aliphatic carbocycles. The Bertz CT molecular complexity index is 1540. The number of nitro groups is 1. The van der Waals surface area contributed by atoms with E-state index in [1.807, 2.05) is 71.3 Å². The third-order valence-corrected chi connectivity index (χ3v) is 5.42. The van der Waals surface area contributed by atoms with Gasteiger partial charge in [-0.2, -0.15) is 0 Å². The summed E-state index contributed by atoms with van der Waals surface area (Å²) in [6.07, 6.45) is 1.68. The number of ether oxygens (including phenoxy) is 1. The van der Waals surface area contributed by atoms with Crippen LogP contribution in [0, 0.1) is 10.1 Å². The van der Waals surface area contributed by atoms with Crippen molar-refractivity contribution in [2.45, 2.75) is 0 Å². The highest BCUT2D eigenvalue weighted by Gasteiger charge is 2.18. The Morgan fingerprint density at radius 1 is 0.829 bits per heavy atom. The van der Waals surface area contributed by atoms with Gasteiger partial charge in [0.1, 0.15) is 11.6 Å². The smallest absolute Gasteiger partial charge is 0.343 e. The molecule has 7 heteroatoms. The SMILES string of the molecule is O=C(O/C(=C/c1nc2cc([N+](=O)[O-])ccc2n1-c1ccccc1)c1ccccc1)c1ccccc1. The zero-order valence-corrected chi connectivity index (χ0v) is 18.4. The number of imidazole rings is 1. The molecule has 1 heterocycles. The molecule has 35 heavy (non-hydrogen) atoms. The first-order valence-electron chi connectivity index (χ1n) is 10.9. The van der Waals surface area contributed by atoms with E-state index in [2.05, 4.69) is 4.98 Å². The van der Waals surface area contributed by atoms with Crippen molar-refractivity contribution >= 4 is 34.5 Å². The number of rotatable bonds is 6. The molecule has 0 unspecified atom stereocenters. The number of esters is 1. The average molecular weight is 461 g/mol. The van der Waals surface area contributed by atoms with Crippen LogP contribution in [0.5, 0.6) is 0 Å². The highest BCUT2D eigenvalue weighted by atomic mass is 16.6. The fourth-order valence-electron chi connectivity index (χ4n) is 3.77. The summed E-state index contributed by atoms with van der Waals surface area (Å²) in [6.45, 7) is 0. The number of carbonyl (C=O) groups is 1. The Morgan fingerprint density at radius 2 is 1.43 bits per heavy atom. The molecule has 0 radical (unpaired) electrons. The molecule has 5 rings (SSSR count). The maximum absolute atomic E-state index is 12.9. The van der Waals surface area contributed by atoms with Gasteiger partial charge in [0.25, 0.3) is 5.69 Å². The molecule has 4 aromatic carbocycles. The van der Waals surface area contributed by atoms with E-state index in [1.165, 1.54) is 12.1 Å². The molecule has 0 fully saturated rings. The molecule has 0 spiro atoms. The van der Waals surface area contributed by atoms with Crippen molar-refractivity contribution in [1.29, 1.82) is 0 Å². The van der Waals surface area contributed by atoms with Crippen molar-refractivity contribution in [3.63, 3.8) is 0 Å². The van der Waals surface area contributed by atoms with E-state index in [4.69, 9.17) is 4.74 Å². The second-order valence-corrected chi connectivity index (χ2v) is 7.70. The molecule has 1 aromatic heterocycles. The first-order valence-corrected chi connectivity index (χ1v) is 10.9. The molecule has 0 amide bonds. The molecule has 0 saturated carbocycles. The monoisotopic (exact) mass is 461 g/mol. The normalized spacial score (nSPS) is 11.4. The van der Waals surface area contributed by atoms with Gasteiger partial charge in [-0.1, -0.05) is 66.7 Å². The summed E-state index contributed by atoms with van der Waals surface area (Å²) in [4.78, 5) is 28.4. The molecule has 0 atom stereocenters. The lowest BCUT2D eigenvalue weighted by Gasteiger charge is -2.11. The number of non-ortho nitro benzene ring substituents is 1. The Hall–Kier alpha value is -5.04. The van der Waals surface area contributed by atoms with Crippen molar-refractivity contribution in [3.8, 4) is 5.69 Å². The molecule has 170 valence electrons.